The van der Waals surface area contributed by atoms with Gasteiger partial charge in [0, 0.05) is 10.4 Å². The Morgan fingerprint density at radius 1 is 1.23 bits per heavy atom. The molecule has 2 amide bonds. The number of hydrogen-bond donors (Lipinski definition) is 2. The minimum absolute atomic E-state index is 0.258. The zero-order chi connectivity index (χ0) is 18.5. The van der Waals surface area contributed by atoms with Gasteiger partial charge in [-0.15, -0.1) is 11.3 Å². The summed E-state index contributed by atoms with van der Waals surface area (Å²) in [5, 5.41) is 3.46. The highest BCUT2D eigenvalue weighted by molar-refractivity contribution is 7.17. The molecule has 0 aliphatic heterocycles. The van der Waals surface area contributed by atoms with Gasteiger partial charge in [0.2, 0.25) is 0 Å². The first-order valence-electron chi connectivity index (χ1n) is 9.08. The fourth-order valence-electron chi connectivity index (χ4n) is 3.21. The number of nitrogens with one attached hydrogen (secondary N) is 1. The van der Waals surface area contributed by atoms with Gasteiger partial charge in [-0.1, -0.05) is 19.4 Å². The van der Waals surface area contributed by atoms with Crippen LogP contribution in [0.25, 0.3) is 0 Å². The number of hydrogen-bond acceptors (Lipinski definition) is 4. The summed E-state index contributed by atoms with van der Waals surface area (Å²) in [5.41, 5.74) is 7.63. The summed E-state index contributed by atoms with van der Waals surface area (Å²) in [5.74, 6) is -0.0674. The zero-order valence-corrected chi connectivity index (χ0v) is 15.8. The van der Waals surface area contributed by atoms with E-state index in [-0.39, 0.29) is 5.91 Å². The van der Waals surface area contributed by atoms with Crippen molar-refractivity contribution >= 4 is 28.2 Å². The number of anilines is 1. The molecule has 1 heterocycles. The second kappa shape index (κ2) is 8.36. The third-order valence-electron chi connectivity index (χ3n) is 4.46. The lowest BCUT2D eigenvalue weighted by atomic mass is 10.1. The molecule has 1 aliphatic carbocycles. The largest absolute Gasteiger partial charge is 0.494 e. The lowest BCUT2D eigenvalue weighted by Crippen LogP contribution is -2.18. The van der Waals surface area contributed by atoms with Gasteiger partial charge in [-0.25, -0.2) is 0 Å². The van der Waals surface area contributed by atoms with E-state index in [1.54, 1.807) is 18.2 Å². The third kappa shape index (κ3) is 4.07. The topological polar surface area (TPSA) is 81.4 Å². The van der Waals surface area contributed by atoms with Crippen LogP contribution in [0.1, 0.15) is 63.8 Å². The van der Waals surface area contributed by atoms with Gasteiger partial charge >= 0.3 is 0 Å². The van der Waals surface area contributed by atoms with Crippen LogP contribution < -0.4 is 15.8 Å². The van der Waals surface area contributed by atoms with E-state index in [4.69, 9.17) is 10.5 Å². The number of fused-ring (bicyclic) bond motifs is 1. The molecule has 5 nitrogen and oxygen atoms in total. The van der Waals surface area contributed by atoms with Gasteiger partial charge in [-0.05, 0) is 55.9 Å². The number of benzene rings is 1. The average Bonchev–Trinajstić information content (AvgIpc) is 2.81. The highest BCUT2D eigenvalue weighted by atomic mass is 32.1. The standard InChI is InChI=1S/C20H24N2O3S/c1-2-11-25-14-8-6-7-13(12-14)19(24)22-20-17(18(21)23)15-9-4-3-5-10-16(15)26-20/h6-8,12H,2-5,9-11H2,1H3,(H2,21,23)(H,22,24). The number of amides is 2. The van der Waals surface area contributed by atoms with E-state index < -0.39 is 5.91 Å². The lowest BCUT2D eigenvalue weighted by Gasteiger charge is -2.08. The van der Waals surface area contributed by atoms with Crippen molar-refractivity contribution in [2.75, 3.05) is 11.9 Å². The maximum atomic E-state index is 12.7. The molecule has 6 heteroatoms. The molecule has 1 aromatic carbocycles. The molecule has 0 saturated carbocycles. The summed E-state index contributed by atoms with van der Waals surface area (Å²) >= 11 is 1.48. The van der Waals surface area contributed by atoms with Crippen LogP contribution in [0, 0.1) is 0 Å². The van der Waals surface area contributed by atoms with Gasteiger partial charge < -0.3 is 15.8 Å². The summed E-state index contributed by atoms with van der Waals surface area (Å²) in [6, 6.07) is 7.07. The van der Waals surface area contributed by atoms with E-state index in [1.165, 1.54) is 16.2 Å². The molecule has 2 aromatic rings. The maximum absolute atomic E-state index is 12.7. The molecular weight excluding hydrogens is 348 g/mol. The Bertz CT molecular complexity index is 813. The van der Waals surface area contributed by atoms with E-state index >= 15 is 0 Å². The number of ether oxygens (including phenoxy) is 1. The molecule has 0 unspecified atom stereocenters. The van der Waals surface area contributed by atoms with Crippen molar-refractivity contribution in [2.24, 2.45) is 5.73 Å². The molecule has 0 radical (unpaired) electrons. The maximum Gasteiger partial charge on any atom is 0.256 e. The quantitative estimate of drug-likeness (QED) is 0.747. The number of nitrogens with two attached hydrogens (primary N) is 1. The van der Waals surface area contributed by atoms with Gasteiger partial charge in [0.05, 0.1) is 12.2 Å². The molecule has 1 aliphatic rings. The van der Waals surface area contributed by atoms with Gasteiger partial charge in [0.25, 0.3) is 11.8 Å². The average molecular weight is 372 g/mol. The van der Waals surface area contributed by atoms with E-state index in [2.05, 4.69) is 5.32 Å². The SMILES string of the molecule is CCCOc1cccc(C(=O)Nc2sc3c(c2C(N)=O)CCCCC3)c1. The fourth-order valence-corrected chi connectivity index (χ4v) is 4.50. The van der Waals surface area contributed by atoms with Crippen LogP contribution in [-0.2, 0) is 12.8 Å². The first kappa shape index (κ1) is 18.5. The Kier molecular flexibility index (Phi) is 5.93. The van der Waals surface area contributed by atoms with Crippen molar-refractivity contribution in [3.05, 3.63) is 45.8 Å². The Morgan fingerprint density at radius 2 is 2.04 bits per heavy atom. The van der Waals surface area contributed by atoms with Crippen molar-refractivity contribution < 1.29 is 14.3 Å². The third-order valence-corrected chi connectivity index (χ3v) is 5.67. The van der Waals surface area contributed by atoms with Crippen molar-refractivity contribution in [1.82, 2.24) is 0 Å². The molecule has 3 N–H and O–H groups in total. The lowest BCUT2D eigenvalue weighted by molar-refractivity contribution is 0.100. The van der Waals surface area contributed by atoms with Crippen molar-refractivity contribution in [3.63, 3.8) is 0 Å². The van der Waals surface area contributed by atoms with Crippen LogP contribution in [0.2, 0.25) is 0 Å². The summed E-state index contributed by atoms with van der Waals surface area (Å²) in [6.45, 7) is 2.64. The molecule has 3 rings (SSSR count). The minimum atomic E-state index is -0.472. The molecule has 26 heavy (non-hydrogen) atoms. The van der Waals surface area contributed by atoms with E-state index in [0.717, 1.165) is 44.1 Å². The molecule has 0 spiro atoms. The first-order valence-corrected chi connectivity index (χ1v) is 9.90. The van der Waals surface area contributed by atoms with Crippen LogP contribution in [-0.4, -0.2) is 18.4 Å². The minimum Gasteiger partial charge on any atom is -0.494 e. The van der Waals surface area contributed by atoms with E-state index in [1.807, 2.05) is 13.0 Å². The second-order valence-corrected chi connectivity index (χ2v) is 7.57. The smallest absolute Gasteiger partial charge is 0.256 e. The number of rotatable bonds is 6. The van der Waals surface area contributed by atoms with Gasteiger partial charge in [0.15, 0.2) is 0 Å². The van der Waals surface area contributed by atoms with Gasteiger partial charge in [-0.2, -0.15) is 0 Å². The number of thiophene rings is 1. The Labute approximate surface area is 157 Å². The number of carbonyl (C=O) groups is 2. The molecular formula is C20H24N2O3S. The van der Waals surface area contributed by atoms with E-state index in [0.29, 0.717) is 28.5 Å². The molecule has 0 atom stereocenters. The Hall–Kier alpha value is -2.34. The summed E-state index contributed by atoms with van der Waals surface area (Å²) in [4.78, 5) is 25.9. The molecule has 1 aromatic heterocycles. The summed E-state index contributed by atoms with van der Waals surface area (Å²) in [7, 11) is 0. The van der Waals surface area contributed by atoms with E-state index in [9.17, 15) is 9.59 Å². The molecule has 0 fully saturated rings. The Morgan fingerprint density at radius 3 is 2.81 bits per heavy atom. The highest BCUT2D eigenvalue weighted by Gasteiger charge is 2.24. The van der Waals surface area contributed by atoms with Crippen molar-refractivity contribution in [1.29, 1.82) is 0 Å². The van der Waals surface area contributed by atoms with Crippen LogP contribution >= 0.6 is 11.3 Å². The van der Waals surface area contributed by atoms with Crippen molar-refractivity contribution in [2.45, 2.75) is 45.4 Å². The molecule has 0 bridgehead atoms. The van der Waals surface area contributed by atoms with Crippen LogP contribution in [0.4, 0.5) is 5.00 Å². The van der Waals surface area contributed by atoms with Crippen LogP contribution in [0.3, 0.4) is 0 Å². The van der Waals surface area contributed by atoms with Crippen LogP contribution in [0.5, 0.6) is 5.75 Å². The molecule has 0 saturated heterocycles. The summed E-state index contributed by atoms with van der Waals surface area (Å²) < 4.78 is 5.59. The Balaban J connectivity index is 1.84. The monoisotopic (exact) mass is 372 g/mol. The zero-order valence-electron chi connectivity index (χ0n) is 15.0. The van der Waals surface area contributed by atoms with Crippen LogP contribution in [0.15, 0.2) is 24.3 Å². The van der Waals surface area contributed by atoms with Gasteiger partial charge in [0.1, 0.15) is 10.8 Å². The van der Waals surface area contributed by atoms with Crippen molar-refractivity contribution in [3.8, 4) is 5.75 Å². The first-order chi connectivity index (χ1) is 12.6. The molecule has 138 valence electrons. The highest BCUT2D eigenvalue weighted by Crippen LogP contribution is 2.37. The normalized spacial score (nSPS) is 13.6. The fraction of sp³-hybridized carbons (Fsp3) is 0.400. The van der Waals surface area contributed by atoms with Gasteiger partial charge in [-0.3, -0.25) is 9.59 Å². The predicted molar refractivity (Wildman–Crippen MR) is 104 cm³/mol. The summed E-state index contributed by atoms with van der Waals surface area (Å²) in [6.07, 6.45) is 6.01. The predicted octanol–water partition coefficient (Wildman–Crippen LogP) is 4.16. The second-order valence-electron chi connectivity index (χ2n) is 6.46. The number of primary amides is 1. The number of aryl methyl sites for hydroxylation is 1. The number of carbonyl (C=O) groups excluding carboxylic acids is 2.